The van der Waals surface area contributed by atoms with Gasteiger partial charge in [-0.05, 0) is 55.5 Å². The van der Waals surface area contributed by atoms with Gasteiger partial charge in [0.25, 0.3) is 0 Å². The third-order valence-corrected chi connectivity index (χ3v) is 4.01. The molecule has 0 aliphatic carbocycles. The molecule has 1 unspecified atom stereocenters. The number of ether oxygens (including phenoxy) is 1. The number of urea groups is 1. The van der Waals surface area contributed by atoms with E-state index in [4.69, 9.17) is 4.74 Å². The minimum atomic E-state index is -1.10. The Balaban J connectivity index is 1.73. The molecule has 2 aromatic rings. The molecule has 0 saturated carbocycles. The van der Waals surface area contributed by atoms with Crippen molar-refractivity contribution in [2.45, 2.75) is 6.92 Å². The fraction of sp³-hybridized carbons (Fsp3) is 0.211. The van der Waals surface area contributed by atoms with E-state index in [9.17, 15) is 18.8 Å². The summed E-state index contributed by atoms with van der Waals surface area (Å²) in [5, 5.41) is 5.16. The highest BCUT2D eigenvalue weighted by atomic mass is 19.1. The van der Waals surface area contributed by atoms with Crippen molar-refractivity contribution in [2.75, 3.05) is 23.4 Å². The molecule has 0 spiro atoms. The van der Waals surface area contributed by atoms with E-state index < -0.39 is 29.6 Å². The second-order valence-electron chi connectivity index (χ2n) is 5.84. The fourth-order valence-corrected chi connectivity index (χ4v) is 2.68. The van der Waals surface area contributed by atoms with Gasteiger partial charge >= 0.3 is 6.03 Å². The minimum absolute atomic E-state index is 0.113. The molecule has 1 atom stereocenters. The first-order valence-corrected chi connectivity index (χ1v) is 8.40. The number of amides is 4. The fourth-order valence-electron chi connectivity index (χ4n) is 2.68. The van der Waals surface area contributed by atoms with Crippen molar-refractivity contribution in [2.24, 2.45) is 5.92 Å². The van der Waals surface area contributed by atoms with Crippen molar-refractivity contribution in [1.29, 1.82) is 0 Å². The number of carbonyl (C=O) groups excluding carboxylic acids is 3. The Morgan fingerprint density at radius 1 is 1.19 bits per heavy atom. The second-order valence-corrected chi connectivity index (χ2v) is 5.84. The summed E-state index contributed by atoms with van der Waals surface area (Å²) in [7, 11) is 0. The van der Waals surface area contributed by atoms with Crippen LogP contribution in [0.2, 0.25) is 0 Å². The van der Waals surface area contributed by atoms with Crippen LogP contribution in [-0.4, -0.2) is 31.0 Å². The van der Waals surface area contributed by atoms with Crippen LogP contribution in [0.5, 0.6) is 5.75 Å². The quantitative estimate of drug-likeness (QED) is 0.791. The SMILES string of the molecule is CCOc1ccc(NC(=O)C2CNC(=O)N(c3ccc(F)cc3)C2=O)cc1. The maximum Gasteiger partial charge on any atom is 0.328 e. The third-order valence-electron chi connectivity index (χ3n) is 4.01. The summed E-state index contributed by atoms with van der Waals surface area (Å²) >= 11 is 0. The number of benzene rings is 2. The Kier molecular flexibility index (Phi) is 5.35. The number of rotatable bonds is 5. The third kappa shape index (κ3) is 4.05. The van der Waals surface area contributed by atoms with Crippen molar-refractivity contribution in [1.82, 2.24) is 5.32 Å². The zero-order valence-corrected chi connectivity index (χ0v) is 14.6. The van der Waals surface area contributed by atoms with E-state index in [0.717, 1.165) is 17.0 Å². The lowest BCUT2D eigenvalue weighted by atomic mass is 10.0. The molecule has 7 nitrogen and oxygen atoms in total. The van der Waals surface area contributed by atoms with Crippen molar-refractivity contribution in [3.05, 3.63) is 54.3 Å². The smallest absolute Gasteiger partial charge is 0.328 e. The lowest BCUT2D eigenvalue weighted by Crippen LogP contribution is -2.58. The first-order valence-electron chi connectivity index (χ1n) is 8.40. The number of hydrogen-bond acceptors (Lipinski definition) is 4. The molecular weight excluding hydrogens is 353 g/mol. The zero-order valence-electron chi connectivity index (χ0n) is 14.6. The zero-order chi connectivity index (χ0) is 19.4. The van der Waals surface area contributed by atoms with Crippen LogP contribution in [0.3, 0.4) is 0 Å². The van der Waals surface area contributed by atoms with Crippen molar-refractivity contribution >= 4 is 29.2 Å². The van der Waals surface area contributed by atoms with Crippen molar-refractivity contribution in [3.8, 4) is 5.75 Å². The number of carbonyl (C=O) groups is 3. The van der Waals surface area contributed by atoms with E-state index >= 15 is 0 Å². The van der Waals surface area contributed by atoms with Gasteiger partial charge in [0.1, 0.15) is 17.5 Å². The van der Waals surface area contributed by atoms with Gasteiger partial charge in [-0.2, -0.15) is 0 Å². The normalized spacial score (nSPS) is 16.7. The van der Waals surface area contributed by atoms with Gasteiger partial charge in [0.15, 0.2) is 0 Å². The lowest BCUT2D eigenvalue weighted by molar-refractivity contribution is -0.130. The minimum Gasteiger partial charge on any atom is -0.494 e. The molecule has 27 heavy (non-hydrogen) atoms. The average molecular weight is 371 g/mol. The van der Waals surface area contributed by atoms with Crippen molar-refractivity contribution in [3.63, 3.8) is 0 Å². The Morgan fingerprint density at radius 3 is 2.48 bits per heavy atom. The van der Waals surface area contributed by atoms with Gasteiger partial charge in [-0.25, -0.2) is 14.1 Å². The Hall–Kier alpha value is -3.42. The van der Waals surface area contributed by atoms with Crippen LogP contribution in [0, 0.1) is 11.7 Å². The van der Waals surface area contributed by atoms with Crippen LogP contribution in [-0.2, 0) is 9.59 Å². The van der Waals surface area contributed by atoms with E-state index in [-0.39, 0.29) is 12.2 Å². The molecule has 1 fully saturated rings. The van der Waals surface area contributed by atoms with Gasteiger partial charge in [-0.1, -0.05) is 0 Å². The summed E-state index contributed by atoms with van der Waals surface area (Å²) in [6.07, 6.45) is 0. The molecule has 1 aliphatic heterocycles. The van der Waals surface area contributed by atoms with Crippen LogP contribution in [0.25, 0.3) is 0 Å². The van der Waals surface area contributed by atoms with Crippen LogP contribution in [0.4, 0.5) is 20.6 Å². The van der Waals surface area contributed by atoms with Crippen molar-refractivity contribution < 1.29 is 23.5 Å². The van der Waals surface area contributed by atoms with Gasteiger partial charge in [0.2, 0.25) is 11.8 Å². The molecule has 4 amide bonds. The first kappa shape index (κ1) is 18.4. The summed E-state index contributed by atoms with van der Waals surface area (Å²) < 4.78 is 18.4. The van der Waals surface area contributed by atoms with E-state index in [1.54, 1.807) is 24.3 Å². The number of imide groups is 1. The van der Waals surface area contributed by atoms with E-state index in [0.29, 0.717) is 18.0 Å². The highest BCUT2D eigenvalue weighted by Gasteiger charge is 2.39. The summed E-state index contributed by atoms with van der Waals surface area (Å²) in [4.78, 5) is 38.1. The van der Waals surface area contributed by atoms with E-state index in [2.05, 4.69) is 10.6 Å². The maximum atomic E-state index is 13.1. The van der Waals surface area contributed by atoms with E-state index in [1.165, 1.54) is 12.1 Å². The molecule has 1 saturated heterocycles. The number of halogens is 1. The predicted octanol–water partition coefficient (Wildman–Crippen LogP) is 2.54. The lowest BCUT2D eigenvalue weighted by Gasteiger charge is -2.30. The Labute approximate surface area is 155 Å². The molecule has 3 rings (SSSR count). The van der Waals surface area contributed by atoms with Gasteiger partial charge in [0.05, 0.1) is 12.3 Å². The summed E-state index contributed by atoms with van der Waals surface area (Å²) in [6, 6.07) is 11.0. The topological polar surface area (TPSA) is 87.7 Å². The molecule has 0 bridgehead atoms. The molecule has 1 aliphatic rings. The average Bonchev–Trinajstić information content (AvgIpc) is 2.65. The molecule has 2 aromatic carbocycles. The molecule has 0 radical (unpaired) electrons. The van der Waals surface area contributed by atoms with E-state index in [1.807, 2.05) is 6.92 Å². The maximum absolute atomic E-state index is 13.1. The highest BCUT2D eigenvalue weighted by molar-refractivity contribution is 6.23. The summed E-state index contributed by atoms with van der Waals surface area (Å²) in [5.74, 6) is -2.14. The van der Waals surface area contributed by atoms with Crippen LogP contribution < -0.4 is 20.3 Å². The van der Waals surface area contributed by atoms with Crippen LogP contribution in [0.15, 0.2) is 48.5 Å². The monoisotopic (exact) mass is 371 g/mol. The molecule has 8 heteroatoms. The van der Waals surface area contributed by atoms with Crippen LogP contribution >= 0.6 is 0 Å². The number of nitrogens with one attached hydrogen (secondary N) is 2. The number of hydrogen-bond donors (Lipinski definition) is 2. The molecule has 140 valence electrons. The second kappa shape index (κ2) is 7.86. The van der Waals surface area contributed by atoms with Gasteiger partial charge in [-0.3, -0.25) is 9.59 Å². The molecular formula is C19H18FN3O4. The first-order chi connectivity index (χ1) is 13.0. The largest absolute Gasteiger partial charge is 0.494 e. The molecule has 2 N–H and O–H groups in total. The van der Waals surface area contributed by atoms with Gasteiger partial charge < -0.3 is 15.4 Å². The number of nitrogens with zero attached hydrogens (tertiary/aromatic N) is 1. The summed E-state index contributed by atoms with van der Waals surface area (Å²) in [5.41, 5.74) is 0.693. The molecule has 0 aromatic heterocycles. The van der Waals surface area contributed by atoms with Crippen LogP contribution in [0.1, 0.15) is 6.92 Å². The van der Waals surface area contributed by atoms with Gasteiger partial charge in [-0.15, -0.1) is 0 Å². The number of anilines is 2. The molecule has 1 heterocycles. The Morgan fingerprint density at radius 2 is 1.85 bits per heavy atom. The Bertz CT molecular complexity index is 852. The van der Waals surface area contributed by atoms with Gasteiger partial charge in [0, 0.05) is 12.2 Å². The standard InChI is InChI=1S/C19H18FN3O4/c1-2-27-15-9-5-13(6-10-15)22-17(24)16-11-21-19(26)23(18(16)25)14-7-3-12(20)4-8-14/h3-10,16H,2,11H2,1H3,(H,21,26)(H,22,24). The predicted molar refractivity (Wildman–Crippen MR) is 97.0 cm³/mol. The highest BCUT2D eigenvalue weighted by Crippen LogP contribution is 2.22. The summed E-state index contributed by atoms with van der Waals surface area (Å²) in [6.45, 7) is 2.28.